The summed E-state index contributed by atoms with van der Waals surface area (Å²) in [4.78, 5) is 13.8. The first kappa shape index (κ1) is 18.2. The number of carbonyl (C=O) groups excluding carboxylic acids is 1. The molecule has 0 spiro atoms. The molecule has 6 heteroatoms. The third-order valence-electron chi connectivity index (χ3n) is 3.77. The monoisotopic (exact) mass is 387 g/mol. The standard InChI is InChI=1S/C17H23BrFNO3/c1-17(2,3)23-16(22)20-5-4-15(21)12(10-20)6-11-7-13(18)9-14(19)8-11/h7-9,12,15,21H,4-6,10H2,1-3H3. The number of amides is 1. The van der Waals surface area contributed by atoms with E-state index in [1.165, 1.54) is 12.1 Å². The molecular formula is C17H23BrFNO3. The van der Waals surface area contributed by atoms with E-state index in [0.29, 0.717) is 30.4 Å². The number of hydrogen-bond acceptors (Lipinski definition) is 3. The summed E-state index contributed by atoms with van der Waals surface area (Å²) in [6.45, 7) is 6.35. The van der Waals surface area contributed by atoms with Crippen LogP contribution in [0.3, 0.4) is 0 Å². The molecule has 2 unspecified atom stereocenters. The Morgan fingerprint density at radius 1 is 1.43 bits per heavy atom. The first-order chi connectivity index (χ1) is 10.6. The van der Waals surface area contributed by atoms with Crippen LogP contribution in [0.15, 0.2) is 22.7 Å². The van der Waals surface area contributed by atoms with E-state index in [2.05, 4.69) is 15.9 Å². The number of rotatable bonds is 2. The normalized spacial score (nSPS) is 22.1. The first-order valence-corrected chi connectivity index (χ1v) is 8.54. The summed E-state index contributed by atoms with van der Waals surface area (Å²) in [5, 5.41) is 10.2. The van der Waals surface area contributed by atoms with Gasteiger partial charge in [-0.25, -0.2) is 9.18 Å². The maximum atomic E-state index is 13.5. The molecule has 128 valence electrons. The zero-order valence-corrected chi connectivity index (χ0v) is 15.3. The molecule has 4 nitrogen and oxygen atoms in total. The van der Waals surface area contributed by atoms with E-state index in [1.807, 2.05) is 26.8 Å². The topological polar surface area (TPSA) is 49.8 Å². The van der Waals surface area contributed by atoms with Crippen LogP contribution < -0.4 is 0 Å². The van der Waals surface area contributed by atoms with E-state index in [4.69, 9.17) is 4.74 Å². The molecule has 0 bridgehead atoms. The fraction of sp³-hybridized carbons (Fsp3) is 0.588. The van der Waals surface area contributed by atoms with Gasteiger partial charge in [0, 0.05) is 23.5 Å². The third-order valence-corrected chi connectivity index (χ3v) is 4.22. The third kappa shape index (κ3) is 5.46. The smallest absolute Gasteiger partial charge is 0.410 e. The van der Waals surface area contributed by atoms with E-state index in [-0.39, 0.29) is 17.8 Å². The van der Waals surface area contributed by atoms with E-state index >= 15 is 0 Å². The van der Waals surface area contributed by atoms with Gasteiger partial charge in [0.15, 0.2) is 0 Å². The molecule has 1 N–H and O–H groups in total. The number of aliphatic hydroxyl groups excluding tert-OH is 1. The van der Waals surface area contributed by atoms with Gasteiger partial charge in [-0.2, -0.15) is 0 Å². The van der Waals surface area contributed by atoms with Crippen molar-refractivity contribution in [1.82, 2.24) is 4.90 Å². The van der Waals surface area contributed by atoms with Crippen LogP contribution in [0.5, 0.6) is 0 Å². The van der Waals surface area contributed by atoms with Crippen molar-refractivity contribution in [3.63, 3.8) is 0 Å². The lowest BCUT2D eigenvalue weighted by molar-refractivity contribution is -0.00825. The van der Waals surface area contributed by atoms with Crippen molar-refractivity contribution in [2.45, 2.75) is 45.3 Å². The van der Waals surface area contributed by atoms with Crippen molar-refractivity contribution in [3.8, 4) is 0 Å². The van der Waals surface area contributed by atoms with Crippen molar-refractivity contribution < 1.29 is 19.0 Å². The number of aliphatic hydroxyl groups is 1. The summed E-state index contributed by atoms with van der Waals surface area (Å²) < 4.78 is 19.5. The van der Waals surface area contributed by atoms with Crippen molar-refractivity contribution in [3.05, 3.63) is 34.1 Å². The molecular weight excluding hydrogens is 365 g/mol. The molecule has 1 amide bonds. The Hall–Kier alpha value is -1.14. The van der Waals surface area contributed by atoms with Gasteiger partial charge in [-0.1, -0.05) is 15.9 Å². The summed E-state index contributed by atoms with van der Waals surface area (Å²) in [5.74, 6) is -0.450. The molecule has 0 aliphatic carbocycles. The number of carbonyl (C=O) groups is 1. The Morgan fingerprint density at radius 3 is 2.74 bits per heavy atom. The van der Waals surface area contributed by atoms with Crippen LogP contribution in [-0.2, 0) is 11.2 Å². The quantitative estimate of drug-likeness (QED) is 0.840. The molecule has 0 saturated carbocycles. The SMILES string of the molecule is CC(C)(C)OC(=O)N1CCC(O)C(Cc2cc(F)cc(Br)c2)C1. The number of likely N-dealkylation sites (tertiary alicyclic amines) is 1. The zero-order valence-electron chi connectivity index (χ0n) is 13.7. The minimum absolute atomic E-state index is 0.134. The maximum Gasteiger partial charge on any atom is 0.410 e. The van der Waals surface area contributed by atoms with Crippen molar-refractivity contribution in [1.29, 1.82) is 0 Å². The van der Waals surface area contributed by atoms with Crippen LogP contribution in [0, 0.1) is 11.7 Å². The molecule has 1 aliphatic heterocycles. The molecule has 1 aromatic rings. The second-order valence-electron chi connectivity index (χ2n) is 7.02. The minimum Gasteiger partial charge on any atom is -0.444 e. The number of ether oxygens (including phenoxy) is 1. The van der Waals surface area contributed by atoms with Gasteiger partial charge in [0.2, 0.25) is 0 Å². The van der Waals surface area contributed by atoms with Crippen molar-refractivity contribution in [2.24, 2.45) is 5.92 Å². The van der Waals surface area contributed by atoms with Crippen molar-refractivity contribution >= 4 is 22.0 Å². The fourth-order valence-electron chi connectivity index (χ4n) is 2.74. The van der Waals surface area contributed by atoms with Crippen LogP contribution in [0.25, 0.3) is 0 Å². The Kier molecular flexibility index (Phi) is 5.68. The Bertz CT molecular complexity index is 553. The number of nitrogens with zero attached hydrogens (tertiary/aromatic N) is 1. The van der Waals surface area contributed by atoms with Crippen LogP contribution in [-0.4, -0.2) is 40.9 Å². The molecule has 1 fully saturated rings. The van der Waals surface area contributed by atoms with Gasteiger partial charge < -0.3 is 14.7 Å². The highest BCUT2D eigenvalue weighted by Crippen LogP contribution is 2.25. The highest BCUT2D eigenvalue weighted by Gasteiger charge is 2.32. The Balaban J connectivity index is 2.04. The minimum atomic E-state index is -0.546. The maximum absolute atomic E-state index is 13.5. The van der Waals surface area contributed by atoms with E-state index < -0.39 is 11.7 Å². The van der Waals surface area contributed by atoms with Gasteiger partial charge in [0.05, 0.1) is 6.10 Å². The highest BCUT2D eigenvalue weighted by molar-refractivity contribution is 9.10. The van der Waals surface area contributed by atoms with Gasteiger partial charge in [-0.05, 0) is 57.4 Å². The lowest BCUT2D eigenvalue weighted by atomic mass is 9.89. The highest BCUT2D eigenvalue weighted by atomic mass is 79.9. The summed E-state index contributed by atoms with van der Waals surface area (Å²) in [6.07, 6.45) is 0.141. The van der Waals surface area contributed by atoms with Gasteiger partial charge in [0.25, 0.3) is 0 Å². The zero-order chi connectivity index (χ0) is 17.2. The predicted octanol–water partition coefficient (Wildman–Crippen LogP) is 3.75. The van der Waals surface area contributed by atoms with E-state index in [9.17, 15) is 14.3 Å². The van der Waals surface area contributed by atoms with Crippen LogP contribution in [0.4, 0.5) is 9.18 Å². The average molecular weight is 388 g/mol. The number of benzene rings is 1. The Morgan fingerprint density at radius 2 is 2.13 bits per heavy atom. The summed E-state index contributed by atoms with van der Waals surface area (Å²) in [5.41, 5.74) is 0.253. The molecule has 1 heterocycles. The molecule has 2 atom stereocenters. The lowest BCUT2D eigenvalue weighted by Gasteiger charge is -2.37. The number of hydrogen-bond donors (Lipinski definition) is 1. The summed E-state index contributed by atoms with van der Waals surface area (Å²) in [7, 11) is 0. The largest absolute Gasteiger partial charge is 0.444 e. The first-order valence-electron chi connectivity index (χ1n) is 7.75. The fourth-order valence-corrected chi connectivity index (χ4v) is 3.26. The van der Waals surface area contributed by atoms with Crippen LogP contribution in [0.1, 0.15) is 32.8 Å². The predicted molar refractivity (Wildman–Crippen MR) is 89.7 cm³/mol. The van der Waals surface area contributed by atoms with Crippen molar-refractivity contribution in [2.75, 3.05) is 13.1 Å². The van der Waals surface area contributed by atoms with Gasteiger partial charge in [-0.15, -0.1) is 0 Å². The van der Waals surface area contributed by atoms with Gasteiger partial charge in [0.1, 0.15) is 11.4 Å². The average Bonchev–Trinajstić information content (AvgIpc) is 2.38. The van der Waals surface area contributed by atoms with Gasteiger partial charge >= 0.3 is 6.09 Å². The molecule has 0 aromatic heterocycles. The summed E-state index contributed by atoms with van der Waals surface area (Å²) in [6, 6.07) is 4.69. The molecule has 0 radical (unpaired) electrons. The Labute approximate surface area is 144 Å². The molecule has 1 saturated heterocycles. The van der Waals surface area contributed by atoms with E-state index in [0.717, 1.165) is 5.56 Å². The second-order valence-corrected chi connectivity index (χ2v) is 7.94. The molecule has 23 heavy (non-hydrogen) atoms. The number of piperidine rings is 1. The lowest BCUT2D eigenvalue weighted by Crippen LogP contribution is -2.48. The molecule has 2 rings (SSSR count). The molecule has 1 aliphatic rings. The summed E-state index contributed by atoms with van der Waals surface area (Å²) >= 11 is 3.27. The van der Waals surface area contributed by atoms with Gasteiger partial charge in [-0.3, -0.25) is 0 Å². The van der Waals surface area contributed by atoms with Crippen LogP contribution >= 0.6 is 15.9 Å². The molecule has 1 aromatic carbocycles. The number of halogens is 2. The second kappa shape index (κ2) is 7.18. The van der Waals surface area contributed by atoms with E-state index in [1.54, 1.807) is 4.90 Å². The van der Waals surface area contributed by atoms with Crippen LogP contribution in [0.2, 0.25) is 0 Å².